The van der Waals surface area contributed by atoms with Gasteiger partial charge in [-0.05, 0) is 55.1 Å². The molecule has 0 aliphatic heterocycles. The smallest absolute Gasteiger partial charge is 0.273 e. The van der Waals surface area contributed by atoms with Crippen LogP contribution in [0.5, 0.6) is 5.75 Å². The molecule has 1 N–H and O–H groups in total. The first-order valence-corrected chi connectivity index (χ1v) is 14.4. The van der Waals surface area contributed by atoms with Gasteiger partial charge in [-0.15, -0.1) is 0 Å². The molecule has 2 aromatic rings. The Hall–Kier alpha value is -2.13. The van der Waals surface area contributed by atoms with Crippen molar-refractivity contribution in [2.24, 2.45) is 11.3 Å². The molecular formula is C25H37ClN4O4S. The molecular weight excluding hydrogens is 488 g/mol. The number of amides is 1. The van der Waals surface area contributed by atoms with Gasteiger partial charge in [0.15, 0.2) is 17.3 Å². The number of pyridine rings is 1. The van der Waals surface area contributed by atoms with Crippen LogP contribution in [-0.4, -0.2) is 54.0 Å². The second kappa shape index (κ2) is 10.9. The average molecular weight is 525 g/mol. The summed E-state index contributed by atoms with van der Waals surface area (Å²) < 4.78 is 30.9. The SMILES string of the molecule is CCc1nc(C(=O)NCC2CCC(S(C)(=O)=O)CC2)c(Cl)n1-c1ncc(CC(C)(C)C)cc1OC. The van der Waals surface area contributed by atoms with E-state index in [2.05, 4.69) is 36.1 Å². The maximum Gasteiger partial charge on any atom is 0.273 e. The molecule has 0 spiro atoms. The van der Waals surface area contributed by atoms with Crippen molar-refractivity contribution >= 4 is 27.3 Å². The number of methoxy groups -OCH3 is 1. The molecule has 1 aliphatic carbocycles. The minimum atomic E-state index is -3.01. The first-order chi connectivity index (χ1) is 16.3. The van der Waals surface area contributed by atoms with E-state index in [1.165, 1.54) is 6.26 Å². The van der Waals surface area contributed by atoms with Gasteiger partial charge in [-0.3, -0.25) is 9.36 Å². The molecule has 1 aliphatic rings. The van der Waals surface area contributed by atoms with Crippen molar-refractivity contribution in [1.29, 1.82) is 0 Å². The standard InChI is InChI=1S/C25H37ClN4O4S/c1-7-20-29-21(24(31)28-14-16-8-10-18(11-9-16)35(6,32)33)22(26)30(20)23-19(34-5)12-17(15-27-23)13-25(2,3)4/h12,15-16,18H,7-11,13-14H2,1-6H3,(H,28,31). The summed E-state index contributed by atoms with van der Waals surface area (Å²) in [5.74, 6) is 1.56. The highest BCUT2D eigenvalue weighted by Crippen LogP contribution is 2.32. The lowest BCUT2D eigenvalue weighted by Gasteiger charge is -2.27. The number of carbonyl (C=O) groups excluding carboxylic acids is 1. The Labute approximate surface area is 213 Å². The largest absolute Gasteiger partial charge is 0.493 e. The summed E-state index contributed by atoms with van der Waals surface area (Å²) in [7, 11) is -1.42. The lowest BCUT2D eigenvalue weighted by atomic mass is 9.89. The van der Waals surface area contributed by atoms with E-state index in [4.69, 9.17) is 16.3 Å². The fraction of sp³-hybridized carbons (Fsp3) is 0.640. The number of aromatic nitrogens is 3. The third kappa shape index (κ3) is 6.76. The van der Waals surface area contributed by atoms with Crippen molar-refractivity contribution in [3.8, 4) is 11.6 Å². The maximum absolute atomic E-state index is 13.0. The minimum absolute atomic E-state index is 0.102. The Bertz CT molecular complexity index is 1160. The van der Waals surface area contributed by atoms with Crippen LogP contribution in [0.25, 0.3) is 5.82 Å². The van der Waals surface area contributed by atoms with Crippen LogP contribution < -0.4 is 10.1 Å². The topological polar surface area (TPSA) is 103 Å². The molecule has 0 bridgehead atoms. The highest BCUT2D eigenvalue weighted by molar-refractivity contribution is 7.91. The number of sulfone groups is 1. The number of carbonyl (C=O) groups is 1. The summed E-state index contributed by atoms with van der Waals surface area (Å²) in [5, 5.41) is 2.86. The van der Waals surface area contributed by atoms with E-state index < -0.39 is 9.84 Å². The van der Waals surface area contributed by atoms with Crippen LogP contribution in [0, 0.1) is 11.3 Å². The summed E-state index contributed by atoms with van der Waals surface area (Å²) in [5.41, 5.74) is 1.30. The third-order valence-electron chi connectivity index (χ3n) is 6.43. The normalized spacial score (nSPS) is 18.9. The Morgan fingerprint density at radius 3 is 2.46 bits per heavy atom. The molecule has 194 valence electrons. The van der Waals surface area contributed by atoms with Gasteiger partial charge < -0.3 is 10.1 Å². The van der Waals surface area contributed by atoms with Gasteiger partial charge in [-0.2, -0.15) is 0 Å². The molecule has 0 aromatic carbocycles. The molecule has 0 unspecified atom stereocenters. The van der Waals surface area contributed by atoms with Crippen LogP contribution in [-0.2, 0) is 22.7 Å². The van der Waals surface area contributed by atoms with Crippen molar-refractivity contribution in [1.82, 2.24) is 19.9 Å². The molecule has 0 radical (unpaired) electrons. The van der Waals surface area contributed by atoms with E-state index in [1.54, 1.807) is 11.7 Å². The zero-order valence-electron chi connectivity index (χ0n) is 21.5. The number of ether oxygens (including phenoxy) is 1. The molecule has 1 saturated carbocycles. The Kier molecular flexibility index (Phi) is 8.52. The van der Waals surface area contributed by atoms with Gasteiger partial charge in [-0.25, -0.2) is 18.4 Å². The van der Waals surface area contributed by atoms with Crippen molar-refractivity contribution < 1.29 is 17.9 Å². The van der Waals surface area contributed by atoms with Crippen LogP contribution in [0.15, 0.2) is 12.3 Å². The van der Waals surface area contributed by atoms with Gasteiger partial charge in [0.2, 0.25) is 0 Å². The minimum Gasteiger partial charge on any atom is -0.493 e. The van der Waals surface area contributed by atoms with Gasteiger partial charge in [-0.1, -0.05) is 39.3 Å². The maximum atomic E-state index is 13.0. The van der Waals surface area contributed by atoms with Crippen molar-refractivity contribution in [3.05, 3.63) is 34.5 Å². The van der Waals surface area contributed by atoms with Crippen LogP contribution >= 0.6 is 11.6 Å². The molecule has 35 heavy (non-hydrogen) atoms. The van der Waals surface area contributed by atoms with Crippen LogP contribution in [0.3, 0.4) is 0 Å². The number of rotatable bonds is 8. The number of nitrogens with zero attached hydrogens (tertiary/aromatic N) is 3. The summed E-state index contributed by atoms with van der Waals surface area (Å²) in [6, 6.07) is 1.95. The monoisotopic (exact) mass is 524 g/mol. The summed E-state index contributed by atoms with van der Waals surface area (Å²) in [4.78, 5) is 22.1. The fourth-order valence-electron chi connectivity index (χ4n) is 4.63. The van der Waals surface area contributed by atoms with E-state index in [-0.39, 0.29) is 33.3 Å². The number of nitrogens with one attached hydrogen (secondary N) is 1. The molecule has 0 saturated heterocycles. The molecule has 3 rings (SSSR count). The number of hydrogen-bond acceptors (Lipinski definition) is 6. The molecule has 0 atom stereocenters. The Morgan fingerprint density at radius 2 is 1.91 bits per heavy atom. The summed E-state index contributed by atoms with van der Waals surface area (Å²) in [6.45, 7) is 8.90. The molecule has 2 aromatic heterocycles. The number of imidazole rings is 1. The van der Waals surface area contributed by atoms with Crippen LogP contribution in [0.4, 0.5) is 0 Å². The molecule has 2 heterocycles. The molecule has 10 heteroatoms. The van der Waals surface area contributed by atoms with Gasteiger partial charge in [0.1, 0.15) is 20.8 Å². The summed E-state index contributed by atoms with van der Waals surface area (Å²) >= 11 is 6.68. The summed E-state index contributed by atoms with van der Waals surface area (Å²) in [6.07, 6.45) is 7.30. The first kappa shape index (κ1) is 27.5. The number of aryl methyl sites for hydroxylation is 1. The average Bonchev–Trinajstić information content (AvgIpc) is 3.12. The van der Waals surface area contributed by atoms with Gasteiger partial charge >= 0.3 is 0 Å². The van der Waals surface area contributed by atoms with Gasteiger partial charge in [0.05, 0.1) is 12.4 Å². The second-order valence-corrected chi connectivity index (χ2v) is 13.3. The van der Waals surface area contributed by atoms with E-state index >= 15 is 0 Å². The van der Waals surface area contributed by atoms with E-state index in [9.17, 15) is 13.2 Å². The highest BCUT2D eigenvalue weighted by atomic mass is 35.5. The Morgan fingerprint density at radius 1 is 1.26 bits per heavy atom. The zero-order chi connectivity index (χ0) is 26.0. The quantitative estimate of drug-likeness (QED) is 0.548. The predicted molar refractivity (Wildman–Crippen MR) is 138 cm³/mol. The van der Waals surface area contributed by atoms with Crippen molar-refractivity contribution in [2.75, 3.05) is 19.9 Å². The lowest BCUT2D eigenvalue weighted by molar-refractivity contribution is 0.0939. The molecule has 1 amide bonds. The lowest BCUT2D eigenvalue weighted by Crippen LogP contribution is -2.34. The van der Waals surface area contributed by atoms with Crippen LogP contribution in [0.2, 0.25) is 5.15 Å². The van der Waals surface area contributed by atoms with E-state index in [0.717, 1.165) is 24.8 Å². The highest BCUT2D eigenvalue weighted by Gasteiger charge is 2.29. The van der Waals surface area contributed by atoms with Gasteiger partial charge in [0.25, 0.3) is 5.91 Å². The van der Waals surface area contributed by atoms with E-state index in [1.807, 2.05) is 19.2 Å². The van der Waals surface area contributed by atoms with Gasteiger partial charge in [0, 0.05) is 25.4 Å². The first-order valence-electron chi connectivity index (χ1n) is 12.1. The predicted octanol–water partition coefficient (Wildman–Crippen LogP) is 4.41. The Balaban J connectivity index is 1.78. The van der Waals surface area contributed by atoms with Crippen molar-refractivity contribution in [3.63, 3.8) is 0 Å². The number of hydrogen-bond donors (Lipinski definition) is 1. The van der Waals surface area contributed by atoms with Crippen LogP contribution in [0.1, 0.15) is 75.3 Å². The third-order valence-corrected chi connectivity index (χ3v) is 8.46. The molecule has 1 fully saturated rings. The fourth-order valence-corrected chi connectivity index (χ4v) is 6.07. The van der Waals surface area contributed by atoms with E-state index in [0.29, 0.717) is 43.2 Å². The number of halogens is 1. The molecule has 8 nitrogen and oxygen atoms in total. The second-order valence-electron chi connectivity index (χ2n) is 10.6. The van der Waals surface area contributed by atoms with Crippen molar-refractivity contribution in [2.45, 2.75) is 71.5 Å². The zero-order valence-corrected chi connectivity index (χ0v) is 23.1.